The molecule has 1 aromatic carbocycles. The van der Waals surface area contributed by atoms with E-state index in [1.54, 1.807) is 0 Å². The second-order valence-corrected chi connectivity index (χ2v) is 5.93. The zero-order valence-electron chi connectivity index (χ0n) is 13.5. The first-order chi connectivity index (χ1) is 10.5. The van der Waals surface area contributed by atoms with Crippen LogP contribution in [0.2, 0.25) is 0 Å². The molecule has 0 aliphatic carbocycles. The molecule has 1 heterocycles. The molecule has 2 aromatic rings. The van der Waals surface area contributed by atoms with Crippen molar-refractivity contribution in [2.75, 3.05) is 0 Å². The number of aromatic amines is 1. The fourth-order valence-corrected chi connectivity index (χ4v) is 2.70. The summed E-state index contributed by atoms with van der Waals surface area (Å²) in [4.78, 5) is 27.1. The number of para-hydroxylation sites is 1. The summed E-state index contributed by atoms with van der Waals surface area (Å²) < 4.78 is 0. The molecule has 0 spiro atoms. The number of ketones is 1. The van der Waals surface area contributed by atoms with Gasteiger partial charge in [0.05, 0.1) is 6.04 Å². The second kappa shape index (κ2) is 7.25. The molecule has 4 heteroatoms. The van der Waals surface area contributed by atoms with E-state index in [0.29, 0.717) is 12.8 Å². The molecule has 2 N–H and O–H groups in total. The van der Waals surface area contributed by atoms with Gasteiger partial charge < -0.3 is 10.3 Å². The Balaban J connectivity index is 2.03. The van der Waals surface area contributed by atoms with Gasteiger partial charge in [0.25, 0.3) is 0 Å². The fraction of sp³-hybridized carbons (Fsp3) is 0.444. The topological polar surface area (TPSA) is 62.0 Å². The number of amides is 1. The number of hydrogen-bond donors (Lipinski definition) is 2. The van der Waals surface area contributed by atoms with E-state index >= 15 is 0 Å². The number of carbonyl (C=O) groups is 2. The first-order valence-electron chi connectivity index (χ1n) is 7.88. The molecule has 22 heavy (non-hydrogen) atoms. The maximum Gasteiger partial charge on any atom is 0.223 e. The van der Waals surface area contributed by atoms with Gasteiger partial charge in [0.15, 0.2) is 5.78 Å². The van der Waals surface area contributed by atoms with Gasteiger partial charge in [-0.05, 0) is 31.4 Å². The highest BCUT2D eigenvalue weighted by atomic mass is 16.2. The van der Waals surface area contributed by atoms with E-state index in [1.165, 1.54) is 6.92 Å². The molecule has 0 radical (unpaired) electrons. The smallest absolute Gasteiger partial charge is 0.223 e. The number of hydrogen-bond acceptors (Lipinski definition) is 2. The van der Waals surface area contributed by atoms with Crippen LogP contribution in [0.3, 0.4) is 0 Å². The van der Waals surface area contributed by atoms with Crippen LogP contribution in [0, 0.1) is 5.92 Å². The highest BCUT2D eigenvalue weighted by Crippen LogP contribution is 2.20. The van der Waals surface area contributed by atoms with Crippen molar-refractivity contribution in [3.05, 3.63) is 36.0 Å². The van der Waals surface area contributed by atoms with Crippen LogP contribution in [0.25, 0.3) is 10.9 Å². The first-order valence-corrected chi connectivity index (χ1v) is 7.88. The van der Waals surface area contributed by atoms with Crippen LogP contribution in [0.5, 0.6) is 0 Å². The molecule has 0 saturated heterocycles. The summed E-state index contributed by atoms with van der Waals surface area (Å²) in [6, 6.07) is 7.71. The van der Waals surface area contributed by atoms with Crippen molar-refractivity contribution in [2.24, 2.45) is 5.92 Å². The van der Waals surface area contributed by atoms with Crippen molar-refractivity contribution in [3.8, 4) is 0 Å². The molecule has 2 rings (SSSR count). The summed E-state index contributed by atoms with van der Waals surface area (Å²) in [7, 11) is 0. The van der Waals surface area contributed by atoms with Crippen molar-refractivity contribution in [2.45, 2.75) is 46.1 Å². The molecule has 4 nitrogen and oxygen atoms in total. The Hall–Kier alpha value is -2.10. The SMILES string of the molecule is CCC[C@H](NC(=O)[C@@H](C)Cc1c[nH]c2ccccc12)C(C)=O. The second-order valence-electron chi connectivity index (χ2n) is 5.93. The first kappa shape index (κ1) is 16.3. The summed E-state index contributed by atoms with van der Waals surface area (Å²) in [6.07, 6.45) is 4.19. The summed E-state index contributed by atoms with van der Waals surface area (Å²) in [6.45, 7) is 5.45. The third-order valence-corrected chi connectivity index (χ3v) is 4.03. The maximum absolute atomic E-state index is 12.3. The third kappa shape index (κ3) is 3.75. The Labute approximate surface area is 131 Å². The van der Waals surface area contributed by atoms with Crippen molar-refractivity contribution < 1.29 is 9.59 Å². The van der Waals surface area contributed by atoms with Gasteiger partial charge in [-0.25, -0.2) is 0 Å². The number of aromatic nitrogens is 1. The van der Waals surface area contributed by atoms with E-state index in [9.17, 15) is 9.59 Å². The zero-order valence-corrected chi connectivity index (χ0v) is 13.5. The van der Waals surface area contributed by atoms with Gasteiger partial charge in [0.2, 0.25) is 5.91 Å². The monoisotopic (exact) mass is 300 g/mol. The molecule has 0 aliphatic rings. The number of Topliss-reactive ketones (excluding diaryl/α,β-unsaturated/α-hetero) is 1. The Kier molecular flexibility index (Phi) is 5.36. The normalized spacial score (nSPS) is 13.8. The van der Waals surface area contributed by atoms with E-state index < -0.39 is 0 Å². The quantitative estimate of drug-likeness (QED) is 0.824. The van der Waals surface area contributed by atoms with Crippen LogP contribution < -0.4 is 5.32 Å². The molecule has 0 saturated carbocycles. The molecule has 118 valence electrons. The average molecular weight is 300 g/mol. The number of fused-ring (bicyclic) bond motifs is 1. The summed E-state index contributed by atoms with van der Waals surface area (Å²) in [5.41, 5.74) is 2.21. The standard InChI is InChI=1S/C18H24N2O2/c1-4-7-16(13(3)21)20-18(22)12(2)10-14-11-19-17-9-6-5-8-15(14)17/h5-6,8-9,11-12,16,19H,4,7,10H2,1-3H3,(H,20,22)/t12-,16-/m0/s1. The third-order valence-electron chi connectivity index (χ3n) is 4.03. The Morgan fingerprint density at radius 1 is 1.27 bits per heavy atom. The lowest BCUT2D eigenvalue weighted by atomic mass is 9.98. The van der Waals surface area contributed by atoms with Crippen LogP contribution in [-0.2, 0) is 16.0 Å². The van der Waals surface area contributed by atoms with E-state index in [4.69, 9.17) is 0 Å². The van der Waals surface area contributed by atoms with Crippen LogP contribution >= 0.6 is 0 Å². The van der Waals surface area contributed by atoms with Gasteiger partial charge in [-0.3, -0.25) is 9.59 Å². The Morgan fingerprint density at radius 2 is 2.00 bits per heavy atom. The number of benzene rings is 1. The van der Waals surface area contributed by atoms with Gasteiger partial charge in [-0.1, -0.05) is 38.5 Å². The van der Waals surface area contributed by atoms with E-state index in [0.717, 1.165) is 22.9 Å². The molecule has 1 aromatic heterocycles. The predicted octanol–water partition coefficient (Wildman–Crippen LogP) is 3.22. The summed E-state index contributed by atoms with van der Waals surface area (Å²) in [5.74, 6) is -0.202. The lowest BCUT2D eigenvalue weighted by Gasteiger charge is -2.18. The molecule has 2 atom stereocenters. The van der Waals surface area contributed by atoms with Crippen molar-refractivity contribution in [1.29, 1.82) is 0 Å². The molecular weight excluding hydrogens is 276 g/mol. The molecular formula is C18H24N2O2. The molecule has 0 aliphatic heterocycles. The number of H-pyrrole nitrogens is 1. The molecule has 0 fully saturated rings. The fourth-order valence-electron chi connectivity index (χ4n) is 2.70. The Morgan fingerprint density at radius 3 is 2.68 bits per heavy atom. The van der Waals surface area contributed by atoms with Gasteiger partial charge in [-0.15, -0.1) is 0 Å². The highest BCUT2D eigenvalue weighted by Gasteiger charge is 2.21. The van der Waals surface area contributed by atoms with E-state index in [1.807, 2.05) is 38.2 Å². The van der Waals surface area contributed by atoms with Gasteiger partial charge in [0, 0.05) is 23.0 Å². The minimum Gasteiger partial charge on any atom is -0.361 e. The lowest BCUT2D eigenvalue weighted by molar-refractivity contribution is -0.129. The number of rotatable bonds is 7. The van der Waals surface area contributed by atoms with Crippen LogP contribution in [0.1, 0.15) is 39.2 Å². The number of carbonyl (C=O) groups excluding carboxylic acids is 2. The maximum atomic E-state index is 12.3. The van der Waals surface area contributed by atoms with Gasteiger partial charge in [0.1, 0.15) is 0 Å². The van der Waals surface area contributed by atoms with E-state index in [-0.39, 0.29) is 23.7 Å². The van der Waals surface area contributed by atoms with Crippen LogP contribution in [0.4, 0.5) is 0 Å². The molecule has 0 bridgehead atoms. The summed E-state index contributed by atoms with van der Waals surface area (Å²) >= 11 is 0. The average Bonchev–Trinajstić information content (AvgIpc) is 2.90. The lowest BCUT2D eigenvalue weighted by Crippen LogP contribution is -2.42. The minimum atomic E-state index is -0.358. The van der Waals surface area contributed by atoms with Crippen LogP contribution in [0.15, 0.2) is 30.5 Å². The van der Waals surface area contributed by atoms with Gasteiger partial charge >= 0.3 is 0 Å². The minimum absolute atomic E-state index is 0.0227. The zero-order chi connectivity index (χ0) is 16.1. The summed E-state index contributed by atoms with van der Waals surface area (Å²) in [5, 5.41) is 4.03. The van der Waals surface area contributed by atoms with E-state index in [2.05, 4.69) is 16.4 Å². The van der Waals surface area contributed by atoms with Crippen molar-refractivity contribution in [3.63, 3.8) is 0 Å². The molecule has 1 amide bonds. The Bertz CT molecular complexity index is 660. The highest BCUT2D eigenvalue weighted by molar-refractivity contribution is 5.89. The number of nitrogens with one attached hydrogen (secondary N) is 2. The van der Waals surface area contributed by atoms with Crippen molar-refractivity contribution >= 4 is 22.6 Å². The predicted molar refractivity (Wildman–Crippen MR) is 88.7 cm³/mol. The largest absolute Gasteiger partial charge is 0.361 e. The van der Waals surface area contributed by atoms with Crippen LogP contribution in [-0.4, -0.2) is 22.7 Å². The van der Waals surface area contributed by atoms with Gasteiger partial charge in [-0.2, -0.15) is 0 Å². The van der Waals surface area contributed by atoms with Crippen molar-refractivity contribution in [1.82, 2.24) is 10.3 Å². The molecule has 0 unspecified atom stereocenters.